The fraction of sp³-hybridized carbons (Fsp3) is 0.500. The second-order valence-corrected chi connectivity index (χ2v) is 7.55. The Bertz CT molecular complexity index is 607. The van der Waals surface area contributed by atoms with Crippen molar-refractivity contribution in [3.63, 3.8) is 0 Å². The van der Waals surface area contributed by atoms with Crippen LogP contribution in [0.2, 0.25) is 10.0 Å². The third-order valence-corrected chi connectivity index (χ3v) is 5.71. The van der Waals surface area contributed by atoms with Crippen LogP contribution >= 0.6 is 23.2 Å². The highest BCUT2D eigenvalue weighted by atomic mass is 35.5. The number of halogens is 2. The van der Waals surface area contributed by atoms with Crippen molar-refractivity contribution in [1.82, 2.24) is 9.21 Å². The average Bonchev–Trinajstić information content (AvgIpc) is 2.58. The summed E-state index contributed by atoms with van der Waals surface area (Å²) < 4.78 is 26.6. The zero-order valence-corrected chi connectivity index (χ0v) is 13.3. The Labute approximate surface area is 128 Å². The number of hydrogen-bond acceptors (Lipinski definition) is 4. The first-order chi connectivity index (χ1) is 9.32. The van der Waals surface area contributed by atoms with Crippen LogP contribution in [0.15, 0.2) is 17.0 Å². The molecule has 1 fully saturated rings. The summed E-state index contributed by atoms with van der Waals surface area (Å²) in [5.41, 5.74) is 0. The molecule has 1 aliphatic rings. The molecule has 1 N–H and O–H groups in total. The van der Waals surface area contributed by atoms with Gasteiger partial charge in [-0.25, -0.2) is 8.42 Å². The Balaban J connectivity index is 2.40. The second-order valence-electron chi connectivity index (χ2n) is 4.80. The van der Waals surface area contributed by atoms with Gasteiger partial charge in [0.2, 0.25) is 10.0 Å². The number of sulfonamides is 1. The van der Waals surface area contributed by atoms with Gasteiger partial charge in [-0.15, -0.1) is 0 Å². The molecule has 0 spiro atoms. The van der Waals surface area contributed by atoms with Gasteiger partial charge in [-0.3, -0.25) is 0 Å². The van der Waals surface area contributed by atoms with Gasteiger partial charge in [0.05, 0.1) is 5.02 Å². The van der Waals surface area contributed by atoms with Crippen LogP contribution in [0.25, 0.3) is 0 Å². The molecule has 8 heteroatoms. The molecule has 2 rings (SSSR count). The first kappa shape index (κ1) is 15.9. The van der Waals surface area contributed by atoms with Gasteiger partial charge in [0.1, 0.15) is 4.90 Å². The van der Waals surface area contributed by atoms with E-state index >= 15 is 0 Å². The summed E-state index contributed by atoms with van der Waals surface area (Å²) in [6, 6.07) is 2.54. The highest BCUT2D eigenvalue weighted by Crippen LogP contribution is 2.35. The molecular formula is C12H16Cl2N2O3S. The van der Waals surface area contributed by atoms with Crippen molar-refractivity contribution in [1.29, 1.82) is 0 Å². The summed E-state index contributed by atoms with van der Waals surface area (Å²) >= 11 is 11.6. The highest BCUT2D eigenvalue weighted by Gasteiger charge is 2.29. The van der Waals surface area contributed by atoms with Crippen LogP contribution in [0.3, 0.4) is 0 Å². The lowest BCUT2D eigenvalue weighted by atomic mass is 10.3. The van der Waals surface area contributed by atoms with Gasteiger partial charge in [0.15, 0.2) is 5.75 Å². The number of likely N-dealkylation sites (N-methyl/N-ethyl adjacent to an activating group) is 1. The fourth-order valence-corrected chi connectivity index (χ4v) is 4.36. The summed E-state index contributed by atoms with van der Waals surface area (Å²) in [5, 5.41) is 10.0. The summed E-state index contributed by atoms with van der Waals surface area (Å²) in [5.74, 6) is -0.450. The average molecular weight is 339 g/mol. The SMILES string of the molecule is CN1CCCN(S(=O)(=O)c2cc(Cl)cc(Cl)c2O)CC1. The molecule has 0 radical (unpaired) electrons. The molecule has 0 unspecified atom stereocenters. The largest absolute Gasteiger partial charge is 0.505 e. The molecule has 0 aliphatic carbocycles. The molecule has 1 heterocycles. The quantitative estimate of drug-likeness (QED) is 0.896. The summed E-state index contributed by atoms with van der Waals surface area (Å²) in [6.07, 6.45) is 0.741. The van der Waals surface area contributed by atoms with Gasteiger partial charge >= 0.3 is 0 Å². The van der Waals surface area contributed by atoms with E-state index in [1.165, 1.54) is 16.4 Å². The van der Waals surface area contributed by atoms with Crippen LogP contribution in [0.1, 0.15) is 6.42 Å². The predicted molar refractivity (Wildman–Crippen MR) is 79.0 cm³/mol. The third-order valence-electron chi connectivity index (χ3n) is 3.29. The normalized spacial score (nSPS) is 18.9. The van der Waals surface area contributed by atoms with E-state index in [1.54, 1.807) is 0 Å². The lowest BCUT2D eigenvalue weighted by molar-refractivity contribution is 0.346. The number of phenols is 1. The Hall–Kier alpha value is -0.530. The lowest BCUT2D eigenvalue weighted by Crippen LogP contribution is -2.34. The molecule has 0 bridgehead atoms. The van der Waals surface area contributed by atoms with E-state index in [0.717, 1.165) is 13.0 Å². The smallest absolute Gasteiger partial charge is 0.246 e. The predicted octanol–water partition coefficient (Wildman–Crippen LogP) is 2.03. The molecular weight excluding hydrogens is 323 g/mol. The van der Waals surface area contributed by atoms with Crippen LogP contribution < -0.4 is 0 Å². The Morgan fingerprint density at radius 3 is 2.55 bits per heavy atom. The van der Waals surface area contributed by atoms with Gasteiger partial charge in [-0.1, -0.05) is 23.2 Å². The lowest BCUT2D eigenvalue weighted by Gasteiger charge is -2.21. The standard InChI is InChI=1S/C12H16Cl2N2O3S/c1-15-3-2-4-16(6-5-15)20(18,19)11-8-9(13)7-10(14)12(11)17/h7-8,17H,2-6H2,1H3. The van der Waals surface area contributed by atoms with Gasteiger partial charge in [0, 0.05) is 24.7 Å². The summed E-state index contributed by atoms with van der Waals surface area (Å²) in [7, 11) is -1.85. The van der Waals surface area contributed by atoms with Crippen LogP contribution in [0.5, 0.6) is 5.75 Å². The topological polar surface area (TPSA) is 60.9 Å². The van der Waals surface area contributed by atoms with Gasteiger partial charge in [-0.05, 0) is 32.1 Å². The van der Waals surface area contributed by atoms with E-state index < -0.39 is 15.8 Å². The number of phenolic OH excluding ortho intramolecular Hbond substituents is 1. The molecule has 5 nitrogen and oxygen atoms in total. The van der Waals surface area contributed by atoms with Crippen molar-refractivity contribution in [3.8, 4) is 5.75 Å². The van der Waals surface area contributed by atoms with Crippen LogP contribution in [-0.2, 0) is 10.0 Å². The third kappa shape index (κ3) is 3.20. The molecule has 1 aromatic carbocycles. The number of hydrogen-bond donors (Lipinski definition) is 1. The molecule has 0 saturated carbocycles. The van der Waals surface area contributed by atoms with Crippen molar-refractivity contribution < 1.29 is 13.5 Å². The number of rotatable bonds is 2. The summed E-state index contributed by atoms with van der Waals surface area (Å²) in [6.45, 7) is 2.28. The maximum absolute atomic E-state index is 12.6. The van der Waals surface area contributed by atoms with Crippen molar-refractivity contribution >= 4 is 33.2 Å². The zero-order valence-electron chi connectivity index (χ0n) is 11.0. The molecule has 0 aromatic heterocycles. The van der Waals surface area contributed by atoms with E-state index in [1.807, 2.05) is 7.05 Å². The van der Waals surface area contributed by atoms with Crippen molar-refractivity contribution in [2.24, 2.45) is 0 Å². The molecule has 1 saturated heterocycles. The van der Waals surface area contributed by atoms with Crippen LogP contribution in [-0.4, -0.2) is 56.0 Å². The van der Waals surface area contributed by atoms with Crippen molar-refractivity contribution in [2.75, 3.05) is 33.2 Å². The monoisotopic (exact) mass is 338 g/mol. The van der Waals surface area contributed by atoms with Gasteiger partial charge in [0.25, 0.3) is 0 Å². The summed E-state index contributed by atoms with van der Waals surface area (Å²) in [4.78, 5) is 1.83. The second kappa shape index (κ2) is 6.07. The van der Waals surface area contributed by atoms with Crippen LogP contribution in [0.4, 0.5) is 0 Å². The fourth-order valence-electron chi connectivity index (χ4n) is 2.14. The molecule has 0 atom stereocenters. The van der Waals surface area contributed by atoms with Gasteiger partial charge < -0.3 is 10.0 Å². The minimum absolute atomic E-state index is 0.0667. The Morgan fingerprint density at radius 2 is 1.85 bits per heavy atom. The Morgan fingerprint density at radius 1 is 1.15 bits per heavy atom. The van der Waals surface area contributed by atoms with E-state index in [9.17, 15) is 13.5 Å². The molecule has 1 aliphatic heterocycles. The number of nitrogens with zero attached hydrogens (tertiary/aromatic N) is 2. The molecule has 0 amide bonds. The van der Waals surface area contributed by atoms with Crippen molar-refractivity contribution in [3.05, 3.63) is 22.2 Å². The first-order valence-electron chi connectivity index (χ1n) is 6.19. The van der Waals surface area contributed by atoms with Crippen LogP contribution in [0, 0.1) is 0 Å². The maximum Gasteiger partial charge on any atom is 0.246 e. The van der Waals surface area contributed by atoms with E-state index in [-0.39, 0.29) is 14.9 Å². The van der Waals surface area contributed by atoms with Crippen molar-refractivity contribution in [2.45, 2.75) is 11.3 Å². The first-order valence-corrected chi connectivity index (χ1v) is 8.38. The molecule has 112 valence electrons. The number of aromatic hydroxyl groups is 1. The minimum atomic E-state index is -3.80. The number of benzene rings is 1. The maximum atomic E-state index is 12.6. The van der Waals surface area contributed by atoms with E-state index in [0.29, 0.717) is 19.6 Å². The Kier molecular flexibility index (Phi) is 4.81. The van der Waals surface area contributed by atoms with E-state index in [2.05, 4.69) is 4.90 Å². The zero-order chi connectivity index (χ0) is 14.9. The van der Waals surface area contributed by atoms with E-state index in [4.69, 9.17) is 23.2 Å². The molecule has 20 heavy (non-hydrogen) atoms. The van der Waals surface area contributed by atoms with Gasteiger partial charge in [-0.2, -0.15) is 4.31 Å². The highest BCUT2D eigenvalue weighted by molar-refractivity contribution is 7.89. The molecule has 1 aromatic rings. The minimum Gasteiger partial charge on any atom is -0.505 e.